The molecule has 0 unspecified atom stereocenters. The normalized spacial score (nSPS) is 10.5. The lowest BCUT2D eigenvalue weighted by Gasteiger charge is -2.11. The van der Waals surface area contributed by atoms with E-state index < -0.39 is 17.5 Å². The van der Waals surface area contributed by atoms with Crippen LogP contribution in [-0.4, -0.2) is 12.2 Å². The van der Waals surface area contributed by atoms with Gasteiger partial charge in [-0.25, -0.2) is 13.2 Å². The minimum Gasteiger partial charge on any atom is -0.503 e. The first-order valence-electron chi connectivity index (χ1n) is 5.86. The van der Waals surface area contributed by atoms with E-state index in [1.54, 1.807) is 12.1 Å². The quantitative estimate of drug-likeness (QED) is 0.802. The highest BCUT2D eigenvalue weighted by Gasteiger charge is 2.14. The largest absolute Gasteiger partial charge is 0.503 e. The molecule has 2 rings (SSSR count). The molecule has 2 N–H and O–H groups in total. The maximum atomic E-state index is 13.5. The fourth-order valence-corrected chi connectivity index (χ4v) is 2.23. The number of phenols is 1. The Morgan fingerprint density at radius 1 is 1.19 bits per heavy atom. The molecule has 3 nitrogen and oxygen atoms in total. The Hall–Kier alpha value is -1.89. The van der Waals surface area contributed by atoms with Crippen LogP contribution in [0.15, 0.2) is 28.7 Å². The maximum Gasteiger partial charge on any atom is 0.196 e. The van der Waals surface area contributed by atoms with Crippen molar-refractivity contribution in [2.75, 3.05) is 12.4 Å². The molecule has 0 atom stereocenters. The fourth-order valence-electron chi connectivity index (χ4n) is 1.74. The summed E-state index contributed by atoms with van der Waals surface area (Å²) in [6, 6.07) is 5.10. The SMILES string of the molecule is COc1cc(CNc2ccc(F)c(F)c2F)cc(Br)c1O. The second-order valence-corrected chi connectivity index (χ2v) is 5.06. The van der Waals surface area contributed by atoms with E-state index in [-0.39, 0.29) is 23.7 Å². The molecule has 7 heteroatoms. The van der Waals surface area contributed by atoms with Gasteiger partial charge in [0.2, 0.25) is 0 Å². The van der Waals surface area contributed by atoms with Gasteiger partial charge >= 0.3 is 0 Å². The van der Waals surface area contributed by atoms with E-state index in [0.717, 1.165) is 12.1 Å². The third kappa shape index (κ3) is 3.24. The van der Waals surface area contributed by atoms with Crippen LogP contribution in [0.4, 0.5) is 18.9 Å². The number of aromatic hydroxyl groups is 1. The molecule has 0 fully saturated rings. The van der Waals surface area contributed by atoms with E-state index in [1.165, 1.54) is 7.11 Å². The van der Waals surface area contributed by atoms with E-state index in [0.29, 0.717) is 10.0 Å². The van der Waals surface area contributed by atoms with E-state index in [2.05, 4.69) is 21.2 Å². The zero-order valence-corrected chi connectivity index (χ0v) is 12.5. The molecule has 0 spiro atoms. The first-order chi connectivity index (χ1) is 9.93. The van der Waals surface area contributed by atoms with E-state index in [1.807, 2.05) is 0 Å². The van der Waals surface area contributed by atoms with Crippen molar-refractivity contribution in [1.29, 1.82) is 0 Å². The van der Waals surface area contributed by atoms with Gasteiger partial charge in [-0.2, -0.15) is 0 Å². The van der Waals surface area contributed by atoms with Crippen molar-refractivity contribution in [2.45, 2.75) is 6.54 Å². The number of rotatable bonds is 4. The van der Waals surface area contributed by atoms with Crippen LogP contribution in [0.5, 0.6) is 11.5 Å². The molecule has 2 aromatic rings. The summed E-state index contributed by atoms with van der Waals surface area (Å²) < 4.78 is 44.8. The first kappa shape index (κ1) is 15.5. The van der Waals surface area contributed by atoms with Gasteiger partial charge in [0.15, 0.2) is 29.0 Å². The van der Waals surface area contributed by atoms with Gasteiger partial charge in [-0.05, 0) is 45.8 Å². The van der Waals surface area contributed by atoms with E-state index >= 15 is 0 Å². The minimum atomic E-state index is -1.52. The van der Waals surface area contributed by atoms with Crippen LogP contribution in [0, 0.1) is 17.5 Å². The molecule has 112 valence electrons. The van der Waals surface area contributed by atoms with Crippen LogP contribution in [0.1, 0.15) is 5.56 Å². The van der Waals surface area contributed by atoms with Gasteiger partial charge in [0.05, 0.1) is 17.3 Å². The van der Waals surface area contributed by atoms with Crippen LogP contribution in [0.3, 0.4) is 0 Å². The molecule has 0 heterocycles. The standard InChI is InChI=1S/C14H11BrF3NO2/c1-21-11-5-7(4-8(15)14(11)20)6-19-10-3-2-9(16)12(17)13(10)18/h2-5,19-20H,6H2,1H3. The third-order valence-corrected chi connectivity index (χ3v) is 3.43. The Balaban J connectivity index is 2.21. The topological polar surface area (TPSA) is 41.5 Å². The molecule has 0 amide bonds. The number of methoxy groups -OCH3 is 1. The number of halogens is 4. The summed E-state index contributed by atoms with van der Waals surface area (Å²) in [7, 11) is 1.40. The number of hydrogen-bond acceptors (Lipinski definition) is 3. The minimum absolute atomic E-state index is 0.0553. The lowest BCUT2D eigenvalue weighted by molar-refractivity contribution is 0.371. The van der Waals surface area contributed by atoms with Crippen molar-refractivity contribution in [3.05, 3.63) is 51.8 Å². The maximum absolute atomic E-state index is 13.5. The molecule has 0 aliphatic rings. The van der Waals surface area contributed by atoms with Crippen molar-refractivity contribution in [3.63, 3.8) is 0 Å². The molecule has 0 saturated heterocycles. The predicted octanol–water partition coefficient (Wildman–Crippen LogP) is 4.19. The van der Waals surface area contributed by atoms with Crippen LogP contribution in [0.2, 0.25) is 0 Å². The lowest BCUT2D eigenvalue weighted by atomic mass is 10.2. The summed E-state index contributed by atoms with van der Waals surface area (Å²) in [4.78, 5) is 0. The number of hydrogen-bond donors (Lipinski definition) is 2. The third-order valence-electron chi connectivity index (χ3n) is 2.83. The molecule has 0 radical (unpaired) electrons. The van der Waals surface area contributed by atoms with Gasteiger partial charge in [-0.3, -0.25) is 0 Å². The van der Waals surface area contributed by atoms with Crippen molar-refractivity contribution in [1.82, 2.24) is 0 Å². The average Bonchev–Trinajstić information content (AvgIpc) is 2.47. The number of nitrogens with one attached hydrogen (secondary N) is 1. The fraction of sp³-hybridized carbons (Fsp3) is 0.143. The van der Waals surface area contributed by atoms with Crippen molar-refractivity contribution < 1.29 is 23.0 Å². The second-order valence-electron chi connectivity index (χ2n) is 4.20. The van der Waals surface area contributed by atoms with Gasteiger partial charge in [-0.1, -0.05) is 0 Å². The van der Waals surface area contributed by atoms with Gasteiger partial charge in [-0.15, -0.1) is 0 Å². The molecule has 0 aliphatic carbocycles. The van der Waals surface area contributed by atoms with Gasteiger partial charge in [0.1, 0.15) is 0 Å². The van der Waals surface area contributed by atoms with Gasteiger partial charge in [0.25, 0.3) is 0 Å². The molecule has 0 aliphatic heterocycles. The zero-order valence-electron chi connectivity index (χ0n) is 10.9. The summed E-state index contributed by atoms with van der Waals surface area (Å²) in [5, 5.41) is 12.3. The van der Waals surface area contributed by atoms with Gasteiger partial charge < -0.3 is 15.2 Å². The number of phenolic OH excluding ortho intramolecular Hbond substituents is 1. The smallest absolute Gasteiger partial charge is 0.196 e. The van der Waals surface area contributed by atoms with E-state index in [4.69, 9.17) is 4.74 Å². The molecular weight excluding hydrogens is 351 g/mol. The number of anilines is 1. The number of ether oxygens (including phenoxy) is 1. The van der Waals surface area contributed by atoms with Crippen LogP contribution in [-0.2, 0) is 6.54 Å². The van der Waals surface area contributed by atoms with Crippen LogP contribution >= 0.6 is 15.9 Å². The summed E-state index contributed by atoms with van der Waals surface area (Å²) in [5.41, 5.74) is 0.498. The molecule has 0 saturated carbocycles. The predicted molar refractivity (Wildman–Crippen MR) is 76.0 cm³/mol. The van der Waals surface area contributed by atoms with Crippen molar-refractivity contribution in [2.24, 2.45) is 0 Å². The van der Waals surface area contributed by atoms with Crippen LogP contribution < -0.4 is 10.1 Å². The van der Waals surface area contributed by atoms with Crippen LogP contribution in [0.25, 0.3) is 0 Å². The summed E-state index contributed by atoms with van der Waals surface area (Å²) in [5.74, 6) is -3.86. The molecular formula is C14H11BrF3NO2. The summed E-state index contributed by atoms with van der Waals surface area (Å²) >= 11 is 3.16. The zero-order chi connectivity index (χ0) is 15.6. The van der Waals surface area contributed by atoms with E-state index in [9.17, 15) is 18.3 Å². The average molecular weight is 362 g/mol. The van der Waals surface area contributed by atoms with Crippen molar-refractivity contribution in [3.8, 4) is 11.5 Å². The molecule has 21 heavy (non-hydrogen) atoms. The van der Waals surface area contributed by atoms with Crippen molar-refractivity contribution >= 4 is 21.6 Å². The summed E-state index contributed by atoms with van der Waals surface area (Å²) in [6.07, 6.45) is 0. The monoisotopic (exact) mass is 361 g/mol. The lowest BCUT2D eigenvalue weighted by Crippen LogP contribution is -2.04. The second kappa shape index (κ2) is 6.26. The summed E-state index contributed by atoms with van der Waals surface area (Å²) in [6.45, 7) is 0.136. The Bertz CT molecular complexity index is 680. The Morgan fingerprint density at radius 2 is 1.90 bits per heavy atom. The highest BCUT2D eigenvalue weighted by Crippen LogP contribution is 2.35. The molecule has 2 aromatic carbocycles. The Kier molecular flexibility index (Phi) is 4.62. The van der Waals surface area contributed by atoms with Gasteiger partial charge in [0, 0.05) is 6.54 Å². The Labute approximate surface area is 127 Å². The highest BCUT2D eigenvalue weighted by atomic mass is 79.9. The molecule has 0 aromatic heterocycles. The Morgan fingerprint density at radius 3 is 2.57 bits per heavy atom. The number of benzene rings is 2. The highest BCUT2D eigenvalue weighted by molar-refractivity contribution is 9.10. The molecule has 0 bridgehead atoms. The first-order valence-corrected chi connectivity index (χ1v) is 6.66.